The third-order valence-electron chi connectivity index (χ3n) is 5.28. The van der Waals surface area contributed by atoms with E-state index in [1.807, 2.05) is 36.4 Å². The number of hydrogen-bond donors (Lipinski definition) is 2. The van der Waals surface area contributed by atoms with Crippen LogP contribution in [0.25, 0.3) is 11.0 Å². The van der Waals surface area contributed by atoms with Crippen molar-refractivity contribution in [3.63, 3.8) is 0 Å². The molecule has 0 radical (unpaired) electrons. The van der Waals surface area contributed by atoms with Crippen molar-refractivity contribution in [1.29, 1.82) is 0 Å². The molecule has 0 amide bonds. The maximum Gasteiger partial charge on any atom is 0.121 e. The van der Waals surface area contributed by atoms with Gasteiger partial charge in [-0.25, -0.2) is 4.98 Å². The van der Waals surface area contributed by atoms with Gasteiger partial charge in [0.1, 0.15) is 24.3 Å². The molecule has 3 aromatic rings. The highest BCUT2D eigenvalue weighted by Gasteiger charge is 2.15. The predicted molar refractivity (Wildman–Crippen MR) is 121 cm³/mol. The van der Waals surface area contributed by atoms with Crippen LogP contribution in [0.3, 0.4) is 0 Å². The molecule has 1 aliphatic heterocycles. The average molecular weight is 445 g/mol. The number of hydrogen-bond acceptors (Lipinski definition) is 6. The summed E-state index contributed by atoms with van der Waals surface area (Å²) in [4.78, 5) is 12.3. The summed E-state index contributed by atoms with van der Waals surface area (Å²) in [5.41, 5.74) is 3.00. The Morgan fingerprint density at radius 3 is 2.90 bits per heavy atom. The van der Waals surface area contributed by atoms with E-state index in [2.05, 4.69) is 32.9 Å². The van der Waals surface area contributed by atoms with Crippen molar-refractivity contribution in [2.45, 2.75) is 19.2 Å². The van der Waals surface area contributed by atoms with Crippen molar-refractivity contribution >= 4 is 22.6 Å². The Labute approximate surface area is 187 Å². The molecule has 0 bridgehead atoms. The maximum absolute atomic E-state index is 10.3. The third-order valence-corrected chi connectivity index (χ3v) is 5.51. The number of ether oxygens (including phenoxy) is 2. The first-order valence-electron chi connectivity index (χ1n) is 10.6. The lowest BCUT2D eigenvalue weighted by molar-refractivity contribution is 0.00464. The Bertz CT molecular complexity index is 990. The minimum Gasteiger partial charge on any atom is -0.491 e. The molecular formula is C23H29ClN4O3. The SMILES string of the molecule is CN(Cc1cccc(OC[C@@H](O)CN2CCOCC2)c1)Cc1nc2ccc(Cl)cc2[nH]1. The fraction of sp³-hybridized carbons (Fsp3) is 0.435. The number of imidazole rings is 1. The number of rotatable bonds is 9. The van der Waals surface area contributed by atoms with Gasteiger partial charge in [-0.1, -0.05) is 23.7 Å². The number of benzene rings is 2. The molecule has 0 unspecified atom stereocenters. The Morgan fingerprint density at radius 2 is 2.06 bits per heavy atom. The van der Waals surface area contributed by atoms with Crippen LogP contribution in [0.5, 0.6) is 5.75 Å². The molecule has 0 saturated carbocycles. The monoisotopic (exact) mass is 444 g/mol. The van der Waals surface area contributed by atoms with Crippen molar-refractivity contribution < 1.29 is 14.6 Å². The number of aliphatic hydroxyl groups excluding tert-OH is 1. The highest BCUT2D eigenvalue weighted by molar-refractivity contribution is 6.31. The Kier molecular flexibility index (Phi) is 7.42. The largest absolute Gasteiger partial charge is 0.491 e. The van der Waals surface area contributed by atoms with Crippen LogP contribution < -0.4 is 4.74 Å². The van der Waals surface area contributed by atoms with E-state index in [1.54, 1.807) is 0 Å². The second-order valence-electron chi connectivity index (χ2n) is 8.04. The summed E-state index contributed by atoms with van der Waals surface area (Å²) < 4.78 is 11.2. The number of aliphatic hydroxyl groups is 1. The number of aromatic nitrogens is 2. The first-order valence-corrected chi connectivity index (χ1v) is 11.0. The molecule has 0 spiro atoms. The topological polar surface area (TPSA) is 73.8 Å². The minimum atomic E-state index is -0.522. The first-order chi connectivity index (χ1) is 15.0. The summed E-state index contributed by atoms with van der Waals surface area (Å²) in [5.74, 6) is 1.67. The van der Waals surface area contributed by atoms with Gasteiger partial charge in [-0.2, -0.15) is 0 Å². The quantitative estimate of drug-likeness (QED) is 0.528. The Morgan fingerprint density at radius 1 is 1.23 bits per heavy atom. The van der Waals surface area contributed by atoms with Crippen molar-refractivity contribution in [2.75, 3.05) is 46.5 Å². The van der Waals surface area contributed by atoms with E-state index in [4.69, 9.17) is 21.1 Å². The van der Waals surface area contributed by atoms with Gasteiger partial charge in [0.15, 0.2) is 0 Å². The van der Waals surface area contributed by atoms with Gasteiger partial charge in [0.2, 0.25) is 0 Å². The summed E-state index contributed by atoms with van der Waals surface area (Å²) in [6, 6.07) is 13.7. The fourth-order valence-electron chi connectivity index (χ4n) is 3.79. The zero-order valence-electron chi connectivity index (χ0n) is 17.8. The van der Waals surface area contributed by atoms with Gasteiger partial charge in [-0.05, 0) is 42.9 Å². The molecule has 166 valence electrons. The van der Waals surface area contributed by atoms with Crippen LogP contribution in [-0.2, 0) is 17.8 Å². The molecular weight excluding hydrogens is 416 g/mol. The molecule has 2 aromatic carbocycles. The van der Waals surface area contributed by atoms with Gasteiger partial charge in [0.25, 0.3) is 0 Å². The molecule has 1 saturated heterocycles. The number of fused-ring (bicyclic) bond motifs is 1. The molecule has 8 heteroatoms. The zero-order valence-corrected chi connectivity index (χ0v) is 18.5. The molecule has 1 aromatic heterocycles. The van der Waals surface area contributed by atoms with Crippen molar-refractivity contribution in [2.24, 2.45) is 0 Å². The normalized spacial score (nSPS) is 16.1. The van der Waals surface area contributed by atoms with E-state index in [0.29, 0.717) is 18.1 Å². The van der Waals surface area contributed by atoms with Gasteiger partial charge in [0.05, 0.1) is 30.8 Å². The number of halogens is 1. The predicted octanol–water partition coefficient (Wildman–Crippen LogP) is 2.92. The number of H-pyrrole nitrogens is 1. The molecule has 31 heavy (non-hydrogen) atoms. The van der Waals surface area contributed by atoms with Gasteiger partial charge in [0, 0.05) is 31.2 Å². The number of nitrogens with one attached hydrogen (secondary N) is 1. The summed E-state index contributed by atoms with van der Waals surface area (Å²) in [7, 11) is 2.06. The van der Waals surface area contributed by atoms with Gasteiger partial charge >= 0.3 is 0 Å². The van der Waals surface area contributed by atoms with Crippen LogP contribution in [0.4, 0.5) is 0 Å². The smallest absolute Gasteiger partial charge is 0.121 e. The maximum atomic E-state index is 10.3. The standard InChI is InChI=1S/C23H29ClN4O3/c1-27(15-23-25-21-6-5-18(24)12-22(21)26-23)13-17-3-2-4-20(11-17)31-16-19(29)14-28-7-9-30-10-8-28/h2-6,11-12,19,29H,7-10,13-16H2,1H3,(H,25,26)/t19-/m0/s1. The molecule has 1 fully saturated rings. The summed E-state index contributed by atoms with van der Waals surface area (Å²) in [6.07, 6.45) is -0.522. The van der Waals surface area contributed by atoms with Gasteiger partial charge in [-0.15, -0.1) is 0 Å². The van der Waals surface area contributed by atoms with E-state index in [-0.39, 0.29) is 6.61 Å². The van der Waals surface area contributed by atoms with Crippen LogP contribution in [0.15, 0.2) is 42.5 Å². The zero-order chi connectivity index (χ0) is 21.6. The third kappa shape index (κ3) is 6.41. The molecule has 2 heterocycles. The molecule has 2 N–H and O–H groups in total. The van der Waals surface area contributed by atoms with Crippen LogP contribution in [0, 0.1) is 0 Å². The summed E-state index contributed by atoms with van der Waals surface area (Å²) >= 11 is 6.06. The molecule has 1 atom stereocenters. The molecule has 4 rings (SSSR count). The van der Waals surface area contributed by atoms with Crippen molar-refractivity contribution in [1.82, 2.24) is 19.8 Å². The van der Waals surface area contributed by atoms with Crippen LogP contribution in [0.2, 0.25) is 5.02 Å². The second kappa shape index (κ2) is 10.4. The van der Waals surface area contributed by atoms with E-state index in [9.17, 15) is 5.11 Å². The van der Waals surface area contributed by atoms with E-state index in [1.165, 1.54) is 0 Å². The first kappa shape index (κ1) is 22.0. The van der Waals surface area contributed by atoms with Crippen molar-refractivity contribution in [3.05, 3.63) is 58.9 Å². The van der Waals surface area contributed by atoms with E-state index in [0.717, 1.165) is 61.0 Å². The lowest BCUT2D eigenvalue weighted by Crippen LogP contribution is -2.42. The molecule has 0 aliphatic carbocycles. The van der Waals surface area contributed by atoms with E-state index >= 15 is 0 Å². The summed E-state index contributed by atoms with van der Waals surface area (Å²) in [6.45, 7) is 5.50. The number of nitrogens with zero attached hydrogens (tertiary/aromatic N) is 3. The minimum absolute atomic E-state index is 0.276. The number of morpholine rings is 1. The lowest BCUT2D eigenvalue weighted by Gasteiger charge is -2.28. The van der Waals surface area contributed by atoms with Gasteiger partial charge in [-0.3, -0.25) is 9.80 Å². The van der Waals surface area contributed by atoms with E-state index < -0.39 is 6.10 Å². The number of β-amino-alcohol motifs (C(OH)–C–C–N with tert-alkyl or cyclic N) is 1. The number of aromatic amines is 1. The fourth-order valence-corrected chi connectivity index (χ4v) is 3.97. The molecule has 1 aliphatic rings. The highest BCUT2D eigenvalue weighted by atomic mass is 35.5. The van der Waals surface area contributed by atoms with Crippen molar-refractivity contribution in [3.8, 4) is 5.75 Å². The van der Waals surface area contributed by atoms with Crippen LogP contribution >= 0.6 is 11.6 Å². The Hall–Kier alpha value is -2.16. The Balaban J connectivity index is 1.28. The second-order valence-corrected chi connectivity index (χ2v) is 8.48. The lowest BCUT2D eigenvalue weighted by atomic mass is 10.2. The van der Waals surface area contributed by atoms with Gasteiger partial charge < -0.3 is 19.6 Å². The highest BCUT2D eigenvalue weighted by Crippen LogP contribution is 2.19. The summed E-state index contributed by atoms with van der Waals surface area (Å²) in [5, 5.41) is 11.0. The average Bonchev–Trinajstić information content (AvgIpc) is 3.14. The van der Waals surface area contributed by atoms with Crippen LogP contribution in [0.1, 0.15) is 11.4 Å². The molecule has 7 nitrogen and oxygen atoms in total. The van der Waals surface area contributed by atoms with Crippen LogP contribution in [-0.4, -0.2) is 77.5 Å².